The van der Waals surface area contributed by atoms with Crippen LogP contribution in [0.3, 0.4) is 0 Å². The molecule has 1 N–H and O–H groups in total. The lowest BCUT2D eigenvalue weighted by Crippen LogP contribution is -2.24. The molecule has 0 amide bonds. The summed E-state index contributed by atoms with van der Waals surface area (Å²) in [5, 5.41) is 9.25. The van der Waals surface area contributed by atoms with Gasteiger partial charge in [-0.3, -0.25) is 0 Å². The van der Waals surface area contributed by atoms with Gasteiger partial charge in [-0.25, -0.2) is 4.99 Å². The summed E-state index contributed by atoms with van der Waals surface area (Å²) in [7, 11) is 1.63. The predicted octanol–water partition coefficient (Wildman–Crippen LogP) is 5.79. The zero-order chi connectivity index (χ0) is 24.7. The molecule has 0 saturated carbocycles. The fourth-order valence-electron chi connectivity index (χ4n) is 3.66. The third-order valence-corrected chi connectivity index (χ3v) is 5.47. The Morgan fingerprint density at radius 3 is 1.85 bits per heavy atom. The van der Waals surface area contributed by atoms with E-state index < -0.39 is 23.5 Å². The fraction of sp³-hybridized carbons (Fsp3) is 0.208. The average molecular weight is 479 g/mol. The number of hydrogen-bond acceptors (Lipinski definition) is 2. The van der Waals surface area contributed by atoms with Crippen molar-refractivity contribution in [2.45, 2.75) is 25.5 Å². The molecule has 0 saturated heterocycles. The second-order valence-corrected chi connectivity index (χ2v) is 7.78. The quantitative estimate of drug-likeness (QED) is 0.370. The molecule has 0 atom stereocenters. The molecule has 0 fully saturated rings. The van der Waals surface area contributed by atoms with E-state index in [4.69, 9.17) is 0 Å². The first-order valence-electron chi connectivity index (χ1n) is 10.1. The molecule has 178 valence electrons. The van der Waals surface area contributed by atoms with Crippen LogP contribution in [0, 0.1) is 0 Å². The molecular formula is C24H19F6N3O. The largest absolute Gasteiger partial charge is 0.416 e. The number of fused-ring (bicyclic) bond motifs is 1. The summed E-state index contributed by atoms with van der Waals surface area (Å²) >= 11 is 0. The number of nitrogens with zero attached hydrogens (tertiary/aromatic N) is 3. The molecule has 4 aromatic rings. The van der Waals surface area contributed by atoms with E-state index in [1.165, 1.54) is 18.2 Å². The van der Waals surface area contributed by atoms with E-state index in [2.05, 4.69) is 4.99 Å². The first-order valence-corrected chi connectivity index (χ1v) is 10.1. The number of rotatable bonds is 4. The number of imidazole rings is 1. The molecule has 0 aliphatic carbocycles. The van der Waals surface area contributed by atoms with Crippen molar-refractivity contribution in [2.24, 2.45) is 12.0 Å². The molecule has 3 aromatic carbocycles. The summed E-state index contributed by atoms with van der Waals surface area (Å²) in [5.74, 6) is 0. The van der Waals surface area contributed by atoms with Crippen molar-refractivity contribution in [1.82, 2.24) is 9.13 Å². The van der Waals surface area contributed by atoms with Crippen LogP contribution in [0.25, 0.3) is 11.0 Å². The van der Waals surface area contributed by atoms with E-state index in [1.807, 2.05) is 0 Å². The fourth-order valence-corrected chi connectivity index (χ4v) is 3.66. The second-order valence-electron chi connectivity index (χ2n) is 7.78. The van der Waals surface area contributed by atoms with Crippen LogP contribution in [0.4, 0.5) is 32.0 Å². The molecule has 4 rings (SSSR count). The normalized spacial score (nSPS) is 13.1. The maximum atomic E-state index is 13.4. The van der Waals surface area contributed by atoms with Crippen LogP contribution < -0.4 is 5.62 Å². The van der Waals surface area contributed by atoms with Gasteiger partial charge in [0.2, 0.25) is 5.62 Å². The van der Waals surface area contributed by atoms with Gasteiger partial charge in [-0.15, -0.1) is 0 Å². The molecule has 0 radical (unpaired) electrons. The summed E-state index contributed by atoms with van der Waals surface area (Å²) in [4.78, 5) is 4.46. The van der Waals surface area contributed by atoms with Crippen LogP contribution >= 0.6 is 0 Å². The van der Waals surface area contributed by atoms with Gasteiger partial charge in [0.1, 0.15) is 0 Å². The van der Waals surface area contributed by atoms with Crippen molar-refractivity contribution in [2.75, 3.05) is 0 Å². The first-order chi connectivity index (χ1) is 16.0. The summed E-state index contributed by atoms with van der Waals surface area (Å²) in [6, 6.07) is 14.5. The van der Waals surface area contributed by atoms with E-state index in [1.54, 1.807) is 40.4 Å². The Balaban J connectivity index is 1.91. The van der Waals surface area contributed by atoms with Gasteiger partial charge in [0.05, 0.1) is 41.0 Å². The molecule has 0 aliphatic rings. The van der Waals surface area contributed by atoms with Gasteiger partial charge in [0, 0.05) is 7.05 Å². The summed E-state index contributed by atoms with van der Waals surface area (Å²) < 4.78 is 82.0. The van der Waals surface area contributed by atoms with Gasteiger partial charge >= 0.3 is 12.4 Å². The topological polar surface area (TPSA) is 42.5 Å². The Bertz CT molecular complexity index is 1380. The number of aromatic nitrogens is 2. The SMILES string of the molecule is Cn1/c(=N\c2ccc(C(F)(F)F)cc2)n(Cc2ccc(CO)cc2)c2cc(C(F)(F)F)ccc21. The minimum Gasteiger partial charge on any atom is -0.392 e. The monoisotopic (exact) mass is 479 g/mol. The smallest absolute Gasteiger partial charge is 0.392 e. The third kappa shape index (κ3) is 4.72. The lowest BCUT2D eigenvalue weighted by Gasteiger charge is -2.09. The number of benzene rings is 3. The van der Waals surface area contributed by atoms with Gasteiger partial charge in [0.15, 0.2) is 0 Å². The van der Waals surface area contributed by atoms with Crippen LogP contribution in [0.2, 0.25) is 0 Å². The van der Waals surface area contributed by atoms with Gasteiger partial charge in [-0.1, -0.05) is 24.3 Å². The Morgan fingerprint density at radius 1 is 0.735 bits per heavy atom. The number of hydrogen-bond donors (Lipinski definition) is 1. The van der Waals surface area contributed by atoms with E-state index in [9.17, 15) is 31.4 Å². The Kier molecular flexibility index (Phi) is 6.03. The van der Waals surface area contributed by atoms with Crippen molar-refractivity contribution in [1.29, 1.82) is 0 Å². The van der Waals surface area contributed by atoms with Crippen molar-refractivity contribution in [3.8, 4) is 0 Å². The number of aliphatic hydroxyl groups excluding tert-OH is 1. The van der Waals surface area contributed by atoms with Crippen LogP contribution in [0.1, 0.15) is 22.3 Å². The Morgan fingerprint density at radius 2 is 1.29 bits per heavy atom. The predicted molar refractivity (Wildman–Crippen MR) is 114 cm³/mol. The molecule has 0 bridgehead atoms. The van der Waals surface area contributed by atoms with Crippen LogP contribution in [-0.4, -0.2) is 14.2 Å². The molecule has 0 unspecified atom stereocenters. The average Bonchev–Trinajstić information content (AvgIpc) is 3.04. The van der Waals surface area contributed by atoms with Gasteiger partial charge in [0.25, 0.3) is 0 Å². The zero-order valence-corrected chi connectivity index (χ0v) is 17.8. The first kappa shape index (κ1) is 23.6. The molecule has 10 heteroatoms. The number of alkyl halides is 6. The van der Waals surface area contributed by atoms with E-state index in [0.29, 0.717) is 11.1 Å². The van der Waals surface area contributed by atoms with E-state index in [-0.39, 0.29) is 30.0 Å². The van der Waals surface area contributed by atoms with Crippen molar-refractivity contribution >= 4 is 16.7 Å². The summed E-state index contributed by atoms with van der Waals surface area (Å²) in [6.07, 6.45) is -9.04. The molecule has 0 spiro atoms. The highest BCUT2D eigenvalue weighted by molar-refractivity contribution is 5.77. The minimum atomic E-state index is -4.55. The number of aliphatic hydroxyl groups is 1. The third-order valence-electron chi connectivity index (χ3n) is 5.47. The van der Waals surface area contributed by atoms with Crippen molar-refractivity contribution in [3.05, 3.63) is 94.6 Å². The van der Waals surface area contributed by atoms with Crippen LogP contribution in [-0.2, 0) is 32.6 Å². The summed E-state index contributed by atoms with van der Waals surface area (Å²) in [6.45, 7) is 0.00889. The van der Waals surface area contributed by atoms with Crippen molar-refractivity contribution in [3.63, 3.8) is 0 Å². The van der Waals surface area contributed by atoms with Crippen LogP contribution in [0.5, 0.6) is 0 Å². The van der Waals surface area contributed by atoms with Gasteiger partial charge in [-0.2, -0.15) is 26.3 Å². The molecule has 1 aromatic heterocycles. The highest BCUT2D eigenvalue weighted by Crippen LogP contribution is 2.32. The van der Waals surface area contributed by atoms with Crippen LogP contribution in [0.15, 0.2) is 71.7 Å². The number of aryl methyl sites for hydroxylation is 1. The zero-order valence-electron chi connectivity index (χ0n) is 17.8. The molecule has 1 heterocycles. The maximum Gasteiger partial charge on any atom is 0.416 e. The Hall–Kier alpha value is -3.53. The van der Waals surface area contributed by atoms with Gasteiger partial charge < -0.3 is 14.2 Å². The molecular weight excluding hydrogens is 460 g/mol. The highest BCUT2D eigenvalue weighted by Gasteiger charge is 2.31. The van der Waals surface area contributed by atoms with Crippen molar-refractivity contribution < 1.29 is 31.4 Å². The maximum absolute atomic E-state index is 13.4. The highest BCUT2D eigenvalue weighted by atomic mass is 19.4. The second kappa shape index (κ2) is 8.68. The summed E-state index contributed by atoms with van der Waals surface area (Å²) in [5.41, 5.74) is 1.02. The molecule has 4 nitrogen and oxygen atoms in total. The lowest BCUT2D eigenvalue weighted by molar-refractivity contribution is -0.138. The van der Waals surface area contributed by atoms with E-state index in [0.717, 1.165) is 29.8 Å². The molecule has 34 heavy (non-hydrogen) atoms. The lowest BCUT2D eigenvalue weighted by atomic mass is 10.1. The standard InChI is InChI=1S/C24H19F6N3O/c1-32-20-11-8-18(24(28,29)30)12-21(20)33(13-15-2-4-16(14-34)5-3-15)22(32)31-19-9-6-17(7-10-19)23(25,26)27/h2-12,34H,13-14H2,1H3/b31-22+. The van der Waals surface area contributed by atoms with Gasteiger partial charge in [-0.05, 0) is 53.6 Å². The van der Waals surface area contributed by atoms with E-state index >= 15 is 0 Å². The number of halogens is 6. The minimum absolute atomic E-state index is 0.148. The Labute approximate surface area is 190 Å². The molecule has 0 aliphatic heterocycles.